The molecule has 0 radical (unpaired) electrons. The number of sulfonamides is 1. The number of nitrogens with one attached hydrogen (secondary N) is 2. The summed E-state index contributed by atoms with van der Waals surface area (Å²) in [4.78, 5) is 21.0. The minimum absolute atomic E-state index is 0.140. The zero-order chi connectivity index (χ0) is 16.3. The maximum Gasteiger partial charge on any atom is 0.293 e. The largest absolute Gasteiger partial charge is 0.378 e. The number of hydrogen-bond donors (Lipinski definition) is 2. The summed E-state index contributed by atoms with van der Waals surface area (Å²) in [6, 6.07) is 4.02. The summed E-state index contributed by atoms with van der Waals surface area (Å²) in [5.41, 5.74) is -0.658. The van der Waals surface area contributed by atoms with E-state index < -0.39 is 20.5 Å². The van der Waals surface area contributed by atoms with Gasteiger partial charge in [0.1, 0.15) is 12.0 Å². The van der Waals surface area contributed by atoms with Crippen LogP contribution in [0.25, 0.3) is 0 Å². The molecular weight excluding hydrogens is 298 g/mol. The van der Waals surface area contributed by atoms with Crippen molar-refractivity contribution in [3.8, 4) is 0 Å². The Labute approximate surface area is 122 Å². The lowest BCUT2D eigenvalue weighted by Gasteiger charge is -2.25. The van der Waals surface area contributed by atoms with Crippen LogP contribution in [0.5, 0.6) is 0 Å². The molecule has 21 heavy (non-hydrogen) atoms. The normalized spacial score (nSPS) is 12.0. The number of carbonyl (C=O) groups excluding carboxylic acids is 1. The number of aldehydes is 1. The second-order valence-electron chi connectivity index (χ2n) is 5.26. The van der Waals surface area contributed by atoms with Crippen molar-refractivity contribution >= 4 is 27.7 Å². The van der Waals surface area contributed by atoms with E-state index in [1.165, 1.54) is 12.1 Å². The van der Waals surface area contributed by atoms with Gasteiger partial charge in [-0.1, -0.05) is 0 Å². The number of nitro groups is 1. The fourth-order valence-electron chi connectivity index (χ4n) is 1.78. The topological polar surface area (TPSA) is 118 Å². The van der Waals surface area contributed by atoms with Gasteiger partial charge in [-0.05, 0) is 26.0 Å². The Bertz CT molecular complexity index is 655. The molecule has 1 aromatic carbocycles. The summed E-state index contributed by atoms with van der Waals surface area (Å²) in [5.74, 6) is 0. The summed E-state index contributed by atoms with van der Waals surface area (Å²) in [7, 11) is -3.39. The van der Waals surface area contributed by atoms with E-state index >= 15 is 0 Å². The lowest BCUT2D eigenvalue weighted by atomic mass is 10.1. The first-order chi connectivity index (χ1) is 9.54. The van der Waals surface area contributed by atoms with E-state index in [0.29, 0.717) is 6.29 Å². The van der Waals surface area contributed by atoms with Gasteiger partial charge in [0.15, 0.2) is 0 Å². The first-order valence-corrected chi connectivity index (χ1v) is 7.90. The molecule has 0 saturated carbocycles. The first-order valence-electron chi connectivity index (χ1n) is 6.00. The SMILES string of the molecule is CC(C)(CNc1ccc(C=O)cc1[N+](=O)[O-])NS(C)(=O)=O. The van der Waals surface area contributed by atoms with E-state index in [2.05, 4.69) is 10.0 Å². The number of rotatable bonds is 7. The molecule has 8 nitrogen and oxygen atoms in total. The molecular formula is C12H17N3O5S. The van der Waals surface area contributed by atoms with Crippen LogP contribution in [0.1, 0.15) is 24.2 Å². The summed E-state index contributed by atoms with van der Waals surface area (Å²) in [6.45, 7) is 3.43. The summed E-state index contributed by atoms with van der Waals surface area (Å²) >= 11 is 0. The molecule has 1 rings (SSSR count). The van der Waals surface area contributed by atoms with Crippen LogP contribution in [0.4, 0.5) is 11.4 Å². The number of benzene rings is 1. The van der Waals surface area contributed by atoms with Crippen LogP contribution in [0.3, 0.4) is 0 Å². The number of anilines is 1. The van der Waals surface area contributed by atoms with Gasteiger partial charge < -0.3 is 5.32 Å². The van der Waals surface area contributed by atoms with Gasteiger partial charge in [-0.25, -0.2) is 13.1 Å². The zero-order valence-electron chi connectivity index (χ0n) is 11.9. The molecule has 0 fully saturated rings. The molecule has 0 bridgehead atoms. The monoisotopic (exact) mass is 315 g/mol. The molecule has 0 aliphatic rings. The van der Waals surface area contributed by atoms with Crippen LogP contribution < -0.4 is 10.0 Å². The molecule has 2 N–H and O–H groups in total. The molecule has 0 heterocycles. The van der Waals surface area contributed by atoms with Crippen molar-refractivity contribution in [1.29, 1.82) is 0 Å². The second kappa shape index (κ2) is 6.19. The Kier molecular flexibility index (Phi) is 5.02. The van der Waals surface area contributed by atoms with E-state index in [-0.39, 0.29) is 23.5 Å². The fraction of sp³-hybridized carbons (Fsp3) is 0.417. The molecule has 0 unspecified atom stereocenters. The van der Waals surface area contributed by atoms with E-state index in [0.717, 1.165) is 12.3 Å². The Morgan fingerprint density at radius 1 is 1.38 bits per heavy atom. The predicted octanol–water partition coefficient (Wildman–Crippen LogP) is 1.15. The van der Waals surface area contributed by atoms with Gasteiger partial charge in [0.25, 0.3) is 5.69 Å². The van der Waals surface area contributed by atoms with Gasteiger partial charge in [-0.2, -0.15) is 0 Å². The van der Waals surface area contributed by atoms with Gasteiger partial charge >= 0.3 is 0 Å². The molecule has 9 heteroatoms. The number of hydrogen-bond acceptors (Lipinski definition) is 6. The second-order valence-corrected chi connectivity index (χ2v) is 7.01. The van der Waals surface area contributed by atoms with Gasteiger partial charge in [0, 0.05) is 23.7 Å². The van der Waals surface area contributed by atoms with Gasteiger partial charge in [-0.3, -0.25) is 14.9 Å². The molecule has 0 amide bonds. The molecule has 116 valence electrons. The molecule has 0 aliphatic heterocycles. The summed E-state index contributed by atoms with van der Waals surface area (Å²) < 4.78 is 24.9. The lowest BCUT2D eigenvalue weighted by molar-refractivity contribution is -0.384. The van der Waals surface area contributed by atoms with E-state index in [4.69, 9.17) is 0 Å². The fourth-order valence-corrected chi connectivity index (χ4v) is 2.85. The van der Waals surface area contributed by atoms with Crippen LogP contribution in [0, 0.1) is 10.1 Å². The van der Waals surface area contributed by atoms with E-state index in [1.807, 2.05) is 0 Å². The maximum atomic E-state index is 11.2. The van der Waals surface area contributed by atoms with Gasteiger partial charge in [0.2, 0.25) is 10.0 Å². The van der Waals surface area contributed by atoms with Crippen molar-refractivity contribution in [2.45, 2.75) is 19.4 Å². The Balaban J connectivity index is 2.93. The van der Waals surface area contributed by atoms with Crippen LogP contribution in [-0.2, 0) is 10.0 Å². The highest BCUT2D eigenvalue weighted by Gasteiger charge is 2.23. The Morgan fingerprint density at radius 2 is 2.00 bits per heavy atom. The zero-order valence-corrected chi connectivity index (χ0v) is 12.7. The van der Waals surface area contributed by atoms with Crippen molar-refractivity contribution < 1.29 is 18.1 Å². The van der Waals surface area contributed by atoms with Crippen molar-refractivity contribution in [1.82, 2.24) is 4.72 Å². The number of carbonyl (C=O) groups is 1. The molecule has 1 aromatic rings. The highest BCUT2D eigenvalue weighted by Crippen LogP contribution is 2.25. The molecule has 0 saturated heterocycles. The number of nitro benzene ring substituents is 1. The smallest absolute Gasteiger partial charge is 0.293 e. The van der Waals surface area contributed by atoms with E-state index in [1.54, 1.807) is 13.8 Å². The van der Waals surface area contributed by atoms with Gasteiger partial charge in [-0.15, -0.1) is 0 Å². The number of nitrogens with zero attached hydrogens (tertiary/aromatic N) is 1. The minimum Gasteiger partial charge on any atom is -0.378 e. The van der Waals surface area contributed by atoms with Crippen LogP contribution >= 0.6 is 0 Å². The first kappa shape index (κ1) is 17.1. The standard InChI is InChI=1S/C12H17N3O5S/c1-12(2,14-21(3,19)20)8-13-10-5-4-9(7-16)6-11(10)15(17)18/h4-7,13-14H,8H2,1-3H3. The minimum atomic E-state index is -3.39. The third-order valence-electron chi connectivity index (χ3n) is 2.54. The van der Waals surface area contributed by atoms with Crippen LogP contribution in [-0.4, -0.2) is 38.0 Å². The van der Waals surface area contributed by atoms with Crippen molar-refractivity contribution in [2.24, 2.45) is 0 Å². The third-order valence-corrected chi connectivity index (χ3v) is 3.46. The quantitative estimate of drug-likeness (QED) is 0.442. The molecule has 0 atom stereocenters. The van der Waals surface area contributed by atoms with Gasteiger partial charge in [0.05, 0.1) is 11.2 Å². The summed E-state index contributed by atoms with van der Waals surface area (Å²) in [5, 5.41) is 13.8. The third kappa shape index (κ3) is 5.48. The van der Waals surface area contributed by atoms with E-state index in [9.17, 15) is 23.3 Å². The Hall–Kier alpha value is -2.00. The average Bonchev–Trinajstić information content (AvgIpc) is 2.33. The van der Waals surface area contributed by atoms with Crippen molar-refractivity contribution in [3.05, 3.63) is 33.9 Å². The maximum absolute atomic E-state index is 11.2. The summed E-state index contributed by atoms with van der Waals surface area (Å²) in [6.07, 6.45) is 1.56. The Morgan fingerprint density at radius 3 is 2.48 bits per heavy atom. The van der Waals surface area contributed by atoms with Crippen molar-refractivity contribution in [2.75, 3.05) is 18.1 Å². The van der Waals surface area contributed by atoms with Crippen molar-refractivity contribution in [3.63, 3.8) is 0 Å². The van der Waals surface area contributed by atoms with Crippen LogP contribution in [0.15, 0.2) is 18.2 Å². The van der Waals surface area contributed by atoms with Crippen LogP contribution in [0.2, 0.25) is 0 Å². The average molecular weight is 315 g/mol. The molecule has 0 aliphatic carbocycles. The lowest BCUT2D eigenvalue weighted by Crippen LogP contribution is -2.47. The highest BCUT2D eigenvalue weighted by molar-refractivity contribution is 7.88. The molecule has 0 aromatic heterocycles. The highest BCUT2D eigenvalue weighted by atomic mass is 32.2. The molecule has 0 spiro atoms. The predicted molar refractivity (Wildman–Crippen MR) is 79.0 cm³/mol.